The molecule has 0 amide bonds. The van der Waals surface area contributed by atoms with Crippen LogP contribution in [0.5, 0.6) is 0 Å². The van der Waals surface area contributed by atoms with Crippen molar-refractivity contribution in [1.82, 2.24) is 9.29 Å². The van der Waals surface area contributed by atoms with E-state index in [1.54, 1.807) is 26.0 Å². The smallest absolute Gasteiger partial charge is 0.283 e. The van der Waals surface area contributed by atoms with E-state index in [0.717, 1.165) is 16.3 Å². The molecule has 3 aromatic carbocycles. The SMILES string of the molecule is C[C@@H]1CN(S(=O)(=O)c2cc([N+](=O)[O-])ccc2N/N=C\c2ccc(Sc3nc4ccccc4s3)c([N+](=O)[O-])c2)C[C@@H](C)O1. The number of nitro benzene ring substituents is 2. The number of para-hydroxylation sites is 1. The number of morpholine rings is 1. The van der Waals surface area contributed by atoms with Gasteiger partial charge in [0.25, 0.3) is 11.4 Å². The topological polar surface area (TPSA) is 170 Å². The summed E-state index contributed by atoms with van der Waals surface area (Å²) in [6, 6.07) is 15.6. The van der Waals surface area contributed by atoms with Crippen molar-refractivity contribution < 1.29 is 23.0 Å². The maximum atomic E-state index is 13.5. The quantitative estimate of drug-likeness (QED) is 0.142. The molecule has 0 aliphatic carbocycles. The lowest BCUT2D eigenvalue weighted by molar-refractivity contribution is -0.387. The Kier molecular flexibility index (Phi) is 8.51. The van der Waals surface area contributed by atoms with E-state index >= 15 is 0 Å². The molecule has 2 atom stereocenters. The number of benzene rings is 3. The highest BCUT2D eigenvalue weighted by Crippen LogP contribution is 2.39. The summed E-state index contributed by atoms with van der Waals surface area (Å²) in [6.45, 7) is 3.67. The Morgan fingerprint density at radius 1 is 1.07 bits per heavy atom. The minimum absolute atomic E-state index is 0.0150. The number of non-ortho nitro benzene ring substituents is 1. The van der Waals surface area contributed by atoms with Crippen LogP contribution in [0.2, 0.25) is 0 Å². The van der Waals surface area contributed by atoms with E-state index < -0.39 is 25.6 Å². The number of ether oxygens (including phenoxy) is 1. The number of hydrazone groups is 1. The maximum absolute atomic E-state index is 13.5. The Morgan fingerprint density at radius 3 is 2.50 bits per heavy atom. The van der Waals surface area contributed by atoms with Gasteiger partial charge >= 0.3 is 0 Å². The molecule has 42 heavy (non-hydrogen) atoms. The summed E-state index contributed by atoms with van der Waals surface area (Å²) in [5.74, 6) is 0. The molecule has 13 nitrogen and oxygen atoms in total. The van der Waals surface area contributed by atoms with Crippen LogP contribution in [0.4, 0.5) is 17.1 Å². The van der Waals surface area contributed by atoms with Crippen molar-refractivity contribution in [2.24, 2.45) is 5.10 Å². The van der Waals surface area contributed by atoms with Crippen molar-refractivity contribution in [1.29, 1.82) is 0 Å². The first-order valence-corrected chi connectivity index (χ1v) is 15.6. The molecule has 1 saturated heterocycles. The van der Waals surface area contributed by atoms with E-state index in [2.05, 4.69) is 15.5 Å². The van der Waals surface area contributed by atoms with E-state index in [9.17, 15) is 28.6 Å². The van der Waals surface area contributed by atoms with Gasteiger partial charge in [-0.05, 0) is 38.1 Å². The molecular formula is C26H24N6O7S3. The van der Waals surface area contributed by atoms with Gasteiger partial charge < -0.3 is 4.74 Å². The zero-order chi connectivity index (χ0) is 30.0. The molecule has 0 radical (unpaired) electrons. The van der Waals surface area contributed by atoms with Gasteiger partial charge in [0.15, 0.2) is 4.34 Å². The fourth-order valence-electron chi connectivity index (χ4n) is 4.41. The highest BCUT2D eigenvalue weighted by Gasteiger charge is 2.34. The summed E-state index contributed by atoms with van der Waals surface area (Å²) in [5.41, 5.74) is 3.31. The largest absolute Gasteiger partial charge is 0.373 e. The van der Waals surface area contributed by atoms with E-state index in [4.69, 9.17) is 4.74 Å². The summed E-state index contributed by atoms with van der Waals surface area (Å²) < 4.78 is 35.6. The summed E-state index contributed by atoms with van der Waals surface area (Å²) >= 11 is 2.63. The second-order valence-electron chi connectivity index (χ2n) is 9.42. The second-order valence-corrected chi connectivity index (χ2v) is 13.6. The summed E-state index contributed by atoms with van der Waals surface area (Å²) in [4.78, 5) is 26.7. The van der Waals surface area contributed by atoms with Gasteiger partial charge in [0.2, 0.25) is 10.0 Å². The maximum Gasteiger partial charge on any atom is 0.283 e. The highest BCUT2D eigenvalue weighted by atomic mass is 32.2. The molecule has 1 aliphatic rings. The number of anilines is 1. The van der Waals surface area contributed by atoms with Crippen molar-refractivity contribution >= 4 is 66.6 Å². The van der Waals surface area contributed by atoms with Gasteiger partial charge in [0.1, 0.15) is 4.90 Å². The van der Waals surface area contributed by atoms with Crippen molar-refractivity contribution in [2.75, 3.05) is 18.5 Å². The first-order chi connectivity index (χ1) is 20.0. The minimum Gasteiger partial charge on any atom is -0.373 e. The highest BCUT2D eigenvalue weighted by molar-refractivity contribution is 8.01. The lowest BCUT2D eigenvalue weighted by Crippen LogP contribution is -2.48. The number of rotatable bonds is 9. The van der Waals surface area contributed by atoms with Crippen LogP contribution in [0.1, 0.15) is 19.4 Å². The predicted molar refractivity (Wildman–Crippen MR) is 160 cm³/mol. The fraction of sp³-hybridized carbons (Fsp3) is 0.231. The Hall–Kier alpha value is -3.96. The van der Waals surface area contributed by atoms with Crippen molar-refractivity contribution in [3.63, 3.8) is 0 Å². The van der Waals surface area contributed by atoms with Gasteiger partial charge in [-0.25, -0.2) is 13.4 Å². The summed E-state index contributed by atoms with van der Waals surface area (Å²) in [7, 11) is -4.16. The molecule has 0 saturated carbocycles. The normalized spacial score (nSPS) is 18.0. The summed E-state index contributed by atoms with van der Waals surface area (Å²) in [6.07, 6.45) is 0.585. The first kappa shape index (κ1) is 29.5. The van der Waals surface area contributed by atoms with Crippen molar-refractivity contribution in [3.8, 4) is 0 Å². The number of aromatic nitrogens is 1. The molecular weight excluding hydrogens is 605 g/mol. The Balaban J connectivity index is 1.40. The number of fused-ring (bicyclic) bond motifs is 1. The van der Waals surface area contributed by atoms with Gasteiger partial charge in [-0.15, -0.1) is 11.3 Å². The first-order valence-electron chi connectivity index (χ1n) is 12.6. The van der Waals surface area contributed by atoms with Crippen LogP contribution >= 0.6 is 23.1 Å². The monoisotopic (exact) mass is 628 g/mol. The third kappa shape index (κ3) is 6.42. The molecule has 16 heteroatoms. The van der Waals surface area contributed by atoms with Gasteiger partial charge in [-0.2, -0.15) is 9.41 Å². The molecule has 1 aliphatic heterocycles. The minimum atomic E-state index is -4.16. The molecule has 5 rings (SSSR count). The third-order valence-corrected chi connectivity index (χ3v) is 10.3. The fourth-order valence-corrected chi connectivity index (χ4v) is 8.27. The van der Waals surface area contributed by atoms with E-state index in [0.29, 0.717) is 14.8 Å². The number of thiazole rings is 1. The van der Waals surface area contributed by atoms with Gasteiger partial charge in [0, 0.05) is 36.9 Å². The molecule has 1 aromatic heterocycles. The Morgan fingerprint density at radius 2 is 1.81 bits per heavy atom. The number of nitro groups is 2. The lowest BCUT2D eigenvalue weighted by Gasteiger charge is -2.34. The molecule has 0 unspecified atom stereocenters. The molecule has 2 heterocycles. The van der Waals surface area contributed by atoms with Crippen LogP contribution in [-0.2, 0) is 14.8 Å². The van der Waals surface area contributed by atoms with Crippen molar-refractivity contribution in [2.45, 2.75) is 40.2 Å². The molecule has 1 N–H and O–H groups in total. The Bertz CT molecular complexity index is 1770. The standard InChI is InChI=1S/C26H24N6O7S3/c1-16-14-30(15-17(2)39-16)42(37,38)25-12-19(31(33)34)8-9-21(25)29-27-13-18-7-10-24(22(11-18)32(35)36)41-26-28-20-5-3-4-6-23(20)40-26/h3-13,16-17,29H,14-15H2,1-2H3/b27-13-/t16-,17-/m1/s1. The van der Waals surface area contributed by atoms with E-state index in [1.807, 2.05) is 24.3 Å². The van der Waals surface area contributed by atoms with Crippen LogP contribution in [0.15, 0.2) is 79.9 Å². The van der Waals surface area contributed by atoms with Crippen LogP contribution in [0.25, 0.3) is 10.2 Å². The Labute approximate surface area is 248 Å². The molecule has 1 fully saturated rings. The van der Waals surface area contributed by atoms with Gasteiger partial charge in [-0.3, -0.25) is 25.7 Å². The van der Waals surface area contributed by atoms with E-state index in [-0.39, 0.29) is 41.6 Å². The zero-order valence-corrected chi connectivity index (χ0v) is 24.7. The van der Waals surface area contributed by atoms with Gasteiger partial charge in [0.05, 0.1) is 49.1 Å². The number of nitrogens with one attached hydrogen (secondary N) is 1. The molecule has 4 aromatic rings. The number of sulfonamides is 1. The second kappa shape index (κ2) is 12.1. The lowest BCUT2D eigenvalue weighted by atomic mass is 10.2. The molecule has 218 valence electrons. The molecule has 0 spiro atoms. The van der Waals surface area contributed by atoms with Crippen molar-refractivity contribution in [3.05, 3.63) is 86.5 Å². The van der Waals surface area contributed by atoms with E-state index in [1.165, 1.54) is 51.8 Å². The average Bonchev–Trinajstić information content (AvgIpc) is 3.35. The number of hydrogen-bond donors (Lipinski definition) is 1. The van der Waals surface area contributed by atoms with Crippen LogP contribution < -0.4 is 5.43 Å². The molecule has 0 bridgehead atoms. The van der Waals surface area contributed by atoms with Crippen LogP contribution in [-0.4, -0.2) is 59.1 Å². The average molecular weight is 629 g/mol. The number of hydrogen-bond acceptors (Lipinski definition) is 12. The van der Waals surface area contributed by atoms with Crippen LogP contribution in [0.3, 0.4) is 0 Å². The third-order valence-electron chi connectivity index (χ3n) is 6.23. The van der Waals surface area contributed by atoms with Crippen LogP contribution in [0, 0.1) is 20.2 Å². The summed E-state index contributed by atoms with van der Waals surface area (Å²) in [5, 5.41) is 27.3. The number of nitrogens with zero attached hydrogens (tertiary/aromatic N) is 5. The zero-order valence-electron chi connectivity index (χ0n) is 22.2. The predicted octanol–water partition coefficient (Wildman–Crippen LogP) is 5.51. The van der Waals surface area contributed by atoms with Gasteiger partial charge in [-0.1, -0.05) is 30.0 Å².